The van der Waals surface area contributed by atoms with Gasteiger partial charge in [0.05, 0.1) is 25.4 Å². The fourth-order valence-electron chi connectivity index (χ4n) is 3.28. The Labute approximate surface area is 141 Å². The summed E-state index contributed by atoms with van der Waals surface area (Å²) in [5, 5.41) is 14.6. The normalized spacial score (nSPS) is 25.3. The molecule has 1 aromatic heterocycles. The van der Waals surface area contributed by atoms with E-state index in [4.69, 9.17) is 9.26 Å². The second kappa shape index (κ2) is 7.58. The van der Waals surface area contributed by atoms with Crippen molar-refractivity contribution in [2.75, 3.05) is 45.9 Å². The molecule has 2 fully saturated rings. The van der Waals surface area contributed by atoms with Crippen molar-refractivity contribution in [3.05, 3.63) is 11.7 Å². The lowest BCUT2D eigenvalue weighted by molar-refractivity contribution is -0.131. The van der Waals surface area contributed by atoms with E-state index >= 15 is 0 Å². The maximum absolute atomic E-state index is 12.4. The highest BCUT2D eigenvalue weighted by Crippen LogP contribution is 2.23. The molecule has 2 aliphatic heterocycles. The van der Waals surface area contributed by atoms with E-state index in [9.17, 15) is 9.90 Å². The molecular formula is C16H26N4O4. The monoisotopic (exact) mass is 338 g/mol. The van der Waals surface area contributed by atoms with Crippen molar-refractivity contribution < 1.29 is 19.2 Å². The molecule has 1 amide bonds. The average molecular weight is 338 g/mol. The summed E-state index contributed by atoms with van der Waals surface area (Å²) in [5.74, 6) is 1.20. The van der Waals surface area contributed by atoms with Gasteiger partial charge >= 0.3 is 0 Å². The number of aromatic nitrogens is 2. The van der Waals surface area contributed by atoms with Crippen LogP contribution in [0.5, 0.6) is 0 Å². The van der Waals surface area contributed by atoms with Gasteiger partial charge in [0.2, 0.25) is 11.8 Å². The highest BCUT2D eigenvalue weighted by atomic mass is 16.5. The molecule has 24 heavy (non-hydrogen) atoms. The van der Waals surface area contributed by atoms with E-state index in [1.807, 2.05) is 6.92 Å². The number of hydrogen-bond donors (Lipinski definition) is 1. The minimum atomic E-state index is -0.813. The number of carbonyl (C=O) groups excluding carboxylic acids is 1. The number of β-amino-alcohol motifs (C(OH)–C–C–N with tert-alkyl or cyclic N) is 1. The van der Waals surface area contributed by atoms with Crippen LogP contribution in [0, 0.1) is 0 Å². The number of likely N-dealkylation sites (tertiary alicyclic amines) is 1. The standard InChI is InChI=1S/C16H26N4O4/c1-2-13-17-14(24-18-13)3-4-15(21)20-6-5-16(22,12-20)11-19-7-9-23-10-8-19/h22H,2-12H2,1H3/t16-/m1/s1. The van der Waals surface area contributed by atoms with Gasteiger partial charge in [-0.25, -0.2) is 0 Å². The maximum atomic E-state index is 12.4. The molecule has 0 saturated carbocycles. The number of ether oxygens (including phenoxy) is 1. The summed E-state index contributed by atoms with van der Waals surface area (Å²) in [4.78, 5) is 20.5. The van der Waals surface area contributed by atoms with E-state index in [1.165, 1.54) is 0 Å². The van der Waals surface area contributed by atoms with Crippen LogP contribution in [0.15, 0.2) is 4.52 Å². The van der Waals surface area contributed by atoms with Crippen molar-refractivity contribution in [3.63, 3.8) is 0 Å². The van der Waals surface area contributed by atoms with Crippen LogP contribution in [0.2, 0.25) is 0 Å². The molecular weight excluding hydrogens is 312 g/mol. The van der Waals surface area contributed by atoms with Crippen molar-refractivity contribution in [2.24, 2.45) is 0 Å². The Morgan fingerprint density at radius 3 is 2.83 bits per heavy atom. The van der Waals surface area contributed by atoms with Gasteiger partial charge in [-0.05, 0) is 6.42 Å². The molecule has 3 rings (SSSR count). The minimum Gasteiger partial charge on any atom is -0.387 e. The van der Waals surface area contributed by atoms with E-state index in [-0.39, 0.29) is 5.91 Å². The lowest BCUT2D eigenvalue weighted by Gasteiger charge is -2.33. The Hall–Kier alpha value is -1.51. The first-order chi connectivity index (χ1) is 11.6. The second-order valence-corrected chi connectivity index (χ2v) is 6.64. The quantitative estimate of drug-likeness (QED) is 0.772. The smallest absolute Gasteiger partial charge is 0.227 e. The topological polar surface area (TPSA) is 91.9 Å². The van der Waals surface area contributed by atoms with Crippen LogP contribution in [-0.4, -0.2) is 82.5 Å². The maximum Gasteiger partial charge on any atom is 0.227 e. The van der Waals surface area contributed by atoms with Crippen LogP contribution in [0.4, 0.5) is 0 Å². The van der Waals surface area contributed by atoms with Gasteiger partial charge in [0.15, 0.2) is 5.82 Å². The molecule has 1 atom stereocenters. The molecule has 134 valence electrons. The van der Waals surface area contributed by atoms with Crippen LogP contribution in [0.3, 0.4) is 0 Å². The van der Waals surface area contributed by atoms with Crippen LogP contribution in [0.1, 0.15) is 31.5 Å². The molecule has 3 heterocycles. The van der Waals surface area contributed by atoms with Crippen LogP contribution in [-0.2, 0) is 22.4 Å². The number of carbonyl (C=O) groups is 1. The number of aliphatic hydroxyl groups is 1. The van der Waals surface area contributed by atoms with Crippen LogP contribution in [0.25, 0.3) is 0 Å². The van der Waals surface area contributed by atoms with Gasteiger partial charge in [-0.1, -0.05) is 12.1 Å². The second-order valence-electron chi connectivity index (χ2n) is 6.64. The summed E-state index contributed by atoms with van der Waals surface area (Å²) in [5.41, 5.74) is -0.813. The van der Waals surface area contributed by atoms with Gasteiger partial charge < -0.3 is 19.3 Å². The Morgan fingerprint density at radius 1 is 1.33 bits per heavy atom. The van der Waals surface area contributed by atoms with Crippen molar-refractivity contribution in [3.8, 4) is 0 Å². The summed E-state index contributed by atoms with van der Waals surface area (Å²) >= 11 is 0. The molecule has 0 aliphatic carbocycles. The van der Waals surface area contributed by atoms with E-state index in [2.05, 4.69) is 15.0 Å². The van der Waals surface area contributed by atoms with Gasteiger partial charge in [0.25, 0.3) is 0 Å². The highest BCUT2D eigenvalue weighted by Gasteiger charge is 2.39. The molecule has 0 radical (unpaired) electrons. The van der Waals surface area contributed by atoms with Crippen molar-refractivity contribution in [2.45, 2.75) is 38.2 Å². The first-order valence-corrected chi connectivity index (χ1v) is 8.70. The zero-order chi connectivity index (χ0) is 17.0. The molecule has 8 heteroatoms. The Morgan fingerprint density at radius 2 is 2.12 bits per heavy atom. The molecule has 2 aliphatic rings. The third-order valence-corrected chi connectivity index (χ3v) is 4.69. The molecule has 0 unspecified atom stereocenters. The number of nitrogens with zero attached hydrogens (tertiary/aromatic N) is 4. The first kappa shape index (κ1) is 17.3. The minimum absolute atomic E-state index is 0.0316. The number of hydrogen-bond acceptors (Lipinski definition) is 7. The van der Waals surface area contributed by atoms with Crippen LogP contribution < -0.4 is 0 Å². The van der Waals surface area contributed by atoms with E-state index in [0.717, 1.165) is 19.5 Å². The summed E-state index contributed by atoms with van der Waals surface area (Å²) < 4.78 is 10.4. The third-order valence-electron chi connectivity index (χ3n) is 4.69. The van der Waals surface area contributed by atoms with Gasteiger partial charge in [-0.3, -0.25) is 9.69 Å². The summed E-state index contributed by atoms with van der Waals surface area (Å²) in [6, 6.07) is 0. The van der Waals surface area contributed by atoms with Gasteiger partial charge in [0.1, 0.15) is 0 Å². The number of amides is 1. The van der Waals surface area contributed by atoms with Crippen molar-refractivity contribution >= 4 is 5.91 Å². The fraction of sp³-hybridized carbons (Fsp3) is 0.812. The van der Waals surface area contributed by atoms with Gasteiger partial charge in [-0.15, -0.1) is 0 Å². The molecule has 8 nitrogen and oxygen atoms in total. The lowest BCUT2D eigenvalue weighted by Crippen LogP contribution is -2.49. The number of aryl methyl sites for hydroxylation is 2. The SMILES string of the molecule is CCc1noc(CCC(=O)N2CC[C@@](O)(CN3CCOCC3)C2)n1. The van der Waals surface area contributed by atoms with E-state index in [1.54, 1.807) is 4.90 Å². The number of morpholine rings is 1. The fourth-order valence-corrected chi connectivity index (χ4v) is 3.28. The predicted molar refractivity (Wildman–Crippen MR) is 85.4 cm³/mol. The Kier molecular flexibility index (Phi) is 5.47. The number of rotatable bonds is 6. The summed E-state index contributed by atoms with van der Waals surface area (Å²) in [6.07, 6.45) is 2.12. The zero-order valence-corrected chi connectivity index (χ0v) is 14.2. The first-order valence-electron chi connectivity index (χ1n) is 8.70. The molecule has 0 spiro atoms. The van der Waals surface area contributed by atoms with Gasteiger partial charge in [0, 0.05) is 45.4 Å². The molecule has 0 bridgehead atoms. The van der Waals surface area contributed by atoms with E-state index in [0.29, 0.717) is 63.8 Å². The summed E-state index contributed by atoms with van der Waals surface area (Å²) in [7, 11) is 0. The highest BCUT2D eigenvalue weighted by molar-refractivity contribution is 5.76. The molecule has 1 aromatic rings. The molecule has 2 saturated heterocycles. The van der Waals surface area contributed by atoms with Gasteiger partial charge in [-0.2, -0.15) is 4.98 Å². The molecule has 0 aromatic carbocycles. The largest absolute Gasteiger partial charge is 0.387 e. The third kappa shape index (κ3) is 4.31. The van der Waals surface area contributed by atoms with Crippen LogP contribution >= 0.6 is 0 Å². The molecule has 1 N–H and O–H groups in total. The average Bonchev–Trinajstić information content (AvgIpc) is 3.20. The Bertz CT molecular complexity index is 558. The predicted octanol–water partition coefficient (Wildman–Crippen LogP) is -0.140. The summed E-state index contributed by atoms with van der Waals surface area (Å²) in [6.45, 7) is 6.66. The Balaban J connectivity index is 1.46. The zero-order valence-electron chi connectivity index (χ0n) is 14.2. The van der Waals surface area contributed by atoms with E-state index < -0.39 is 5.60 Å². The van der Waals surface area contributed by atoms with Crippen molar-refractivity contribution in [1.29, 1.82) is 0 Å². The van der Waals surface area contributed by atoms with Crippen molar-refractivity contribution in [1.82, 2.24) is 19.9 Å². The lowest BCUT2D eigenvalue weighted by atomic mass is 10.0.